The molecule has 0 aliphatic carbocycles. The summed E-state index contributed by atoms with van der Waals surface area (Å²) in [5, 5.41) is 6.02. The average molecular weight is 388 g/mol. The highest BCUT2D eigenvalue weighted by atomic mass is 35.5. The fraction of sp³-hybridized carbons (Fsp3) is 0.125. The molecule has 0 aliphatic rings. The highest BCUT2D eigenvalue weighted by Crippen LogP contribution is 2.33. The molecule has 0 bridgehead atoms. The summed E-state index contributed by atoms with van der Waals surface area (Å²) in [7, 11) is 0. The van der Waals surface area contributed by atoms with Crippen molar-refractivity contribution in [1.29, 1.82) is 0 Å². The Bertz CT molecular complexity index is 758. The Kier molecular flexibility index (Phi) is 6.31. The van der Waals surface area contributed by atoms with Gasteiger partial charge in [0.15, 0.2) is 6.61 Å². The largest absolute Gasteiger partial charge is 0.484 e. The first-order chi connectivity index (χ1) is 11.3. The molecular weight excluding hydrogens is 375 g/mol. The number of carbonyl (C=O) groups excluding carboxylic acids is 2. The van der Waals surface area contributed by atoms with E-state index in [9.17, 15) is 9.59 Å². The van der Waals surface area contributed by atoms with Gasteiger partial charge < -0.3 is 15.4 Å². The summed E-state index contributed by atoms with van der Waals surface area (Å²) < 4.78 is 5.39. The molecule has 0 saturated carbocycles. The van der Waals surface area contributed by atoms with Crippen LogP contribution in [0, 0.1) is 0 Å². The van der Waals surface area contributed by atoms with Gasteiger partial charge in [-0.25, -0.2) is 0 Å². The topological polar surface area (TPSA) is 67.4 Å². The Morgan fingerprint density at radius 3 is 2.33 bits per heavy atom. The van der Waals surface area contributed by atoms with Crippen molar-refractivity contribution in [2.24, 2.45) is 0 Å². The molecule has 0 atom stereocenters. The maximum atomic E-state index is 12.0. The highest BCUT2D eigenvalue weighted by Gasteiger charge is 2.12. The molecule has 2 amide bonds. The minimum Gasteiger partial charge on any atom is -0.484 e. The minimum atomic E-state index is -0.439. The number of rotatable bonds is 5. The molecular formula is C16H13Cl3N2O3. The maximum Gasteiger partial charge on any atom is 0.262 e. The standard InChI is InChI=1S/C16H13Cl3N2O3/c1-9(22)20-11-3-2-4-12(7-11)24-8-15(23)21-16-13(18)5-10(17)6-14(16)19/h2-7H,8H2,1H3,(H,20,22)(H,21,23). The van der Waals surface area contributed by atoms with E-state index in [0.29, 0.717) is 16.5 Å². The number of carbonyl (C=O) groups is 2. The second kappa shape index (κ2) is 8.24. The Hall–Kier alpha value is -1.95. The zero-order valence-electron chi connectivity index (χ0n) is 12.5. The van der Waals surface area contributed by atoms with Gasteiger partial charge in [-0.1, -0.05) is 40.9 Å². The van der Waals surface area contributed by atoms with Crippen molar-refractivity contribution in [3.05, 3.63) is 51.5 Å². The van der Waals surface area contributed by atoms with Gasteiger partial charge in [0.2, 0.25) is 5.91 Å². The first-order valence-electron chi connectivity index (χ1n) is 6.80. The van der Waals surface area contributed by atoms with Crippen molar-refractivity contribution in [3.63, 3.8) is 0 Å². The number of anilines is 2. The molecule has 0 fully saturated rings. The Balaban J connectivity index is 1.98. The quantitative estimate of drug-likeness (QED) is 0.786. The lowest BCUT2D eigenvalue weighted by atomic mass is 10.3. The van der Waals surface area contributed by atoms with Gasteiger partial charge in [-0.2, -0.15) is 0 Å². The zero-order chi connectivity index (χ0) is 17.7. The highest BCUT2D eigenvalue weighted by molar-refractivity contribution is 6.42. The van der Waals surface area contributed by atoms with Crippen molar-refractivity contribution in [2.75, 3.05) is 17.2 Å². The lowest BCUT2D eigenvalue weighted by Gasteiger charge is -2.11. The van der Waals surface area contributed by atoms with E-state index < -0.39 is 5.91 Å². The second-order valence-corrected chi connectivity index (χ2v) is 6.04. The molecule has 24 heavy (non-hydrogen) atoms. The van der Waals surface area contributed by atoms with Crippen LogP contribution in [-0.4, -0.2) is 18.4 Å². The third kappa shape index (κ3) is 5.30. The summed E-state index contributed by atoms with van der Waals surface area (Å²) in [5.74, 6) is -0.201. The van der Waals surface area contributed by atoms with Gasteiger partial charge in [0.25, 0.3) is 5.91 Å². The molecule has 2 aromatic carbocycles. The fourth-order valence-electron chi connectivity index (χ4n) is 1.85. The maximum absolute atomic E-state index is 12.0. The molecule has 0 spiro atoms. The molecule has 2 N–H and O–H groups in total. The first-order valence-corrected chi connectivity index (χ1v) is 7.93. The van der Waals surface area contributed by atoms with Gasteiger partial charge in [-0.15, -0.1) is 0 Å². The number of amides is 2. The van der Waals surface area contributed by atoms with Crippen LogP contribution < -0.4 is 15.4 Å². The van der Waals surface area contributed by atoms with Crippen LogP contribution in [0.3, 0.4) is 0 Å². The lowest BCUT2D eigenvalue weighted by Crippen LogP contribution is -2.20. The van der Waals surface area contributed by atoms with Crippen LogP contribution in [0.4, 0.5) is 11.4 Å². The van der Waals surface area contributed by atoms with E-state index in [1.165, 1.54) is 19.1 Å². The smallest absolute Gasteiger partial charge is 0.262 e. The number of hydrogen-bond donors (Lipinski definition) is 2. The molecule has 8 heteroatoms. The predicted octanol–water partition coefficient (Wildman–Crippen LogP) is 4.62. The van der Waals surface area contributed by atoms with Crippen molar-refractivity contribution in [2.45, 2.75) is 6.92 Å². The second-order valence-electron chi connectivity index (χ2n) is 4.79. The number of nitrogens with one attached hydrogen (secondary N) is 2. The van der Waals surface area contributed by atoms with Gasteiger partial charge in [-0.05, 0) is 24.3 Å². The number of benzene rings is 2. The van der Waals surface area contributed by atoms with E-state index in [0.717, 1.165) is 0 Å². The van der Waals surface area contributed by atoms with Crippen LogP contribution in [0.15, 0.2) is 36.4 Å². The van der Waals surface area contributed by atoms with Gasteiger partial charge in [-0.3, -0.25) is 9.59 Å². The average Bonchev–Trinajstić information content (AvgIpc) is 2.48. The van der Waals surface area contributed by atoms with Crippen molar-refractivity contribution < 1.29 is 14.3 Å². The Morgan fingerprint density at radius 1 is 1.04 bits per heavy atom. The molecule has 0 radical (unpaired) electrons. The monoisotopic (exact) mass is 386 g/mol. The molecule has 0 unspecified atom stereocenters. The summed E-state index contributed by atoms with van der Waals surface area (Å²) >= 11 is 17.8. The molecule has 0 aromatic heterocycles. The first kappa shape index (κ1) is 18.4. The van der Waals surface area contributed by atoms with Gasteiger partial charge in [0.1, 0.15) is 5.75 Å². The van der Waals surface area contributed by atoms with E-state index in [2.05, 4.69) is 10.6 Å². The molecule has 126 valence electrons. The third-order valence-electron chi connectivity index (χ3n) is 2.80. The summed E-state index contributed by atoms with van der Waals surface area (Å²) in [5.41, 5.74) is 0.840. The van der Waals surface area contributed by atoms with Gasteiger partial charge >= 0.3 is 0 Å². The van der Waals surface area contributed by atoms with Crippen LogP contribution in [-0.2, 0) is 9.59 Å². The summed E-state index contributed by atoms with van der Waals surface area (Å²) in [4.78, 5) is 23.0. The molecule has 0 aliphatic heterocycles. The SMILES string of the molecule is CC(=O)Nc1cccc(OCC(=O)Nc2c(Cl)cc(Cl)cc2Cl)c1. The molecule has 5 nitrogen and oxygen atoms in total. The van der Waals surface area contributed by atoms with Crippen LogP contribution >= 0.6 is 34.8 Å². The van der Waals surface area contributed by atoms with Crippen molar-refractivity contribution in [1.82, 2.24) is 0 Å². The van der Waals surface area contributed by atoms with Crippen LogP contribution in [0.5, 0.6) is 5.75 Å². The lowest BCUT2D eigenvalue weighted by molar-refractivity contribution is -0.118. The van der Waals surface area contributed by atoms with Gasteiger partial charge in [0, 0.05) is 23.7 Å². The summed E-state index contributed by atoms with van der Waals surface area (Å²) in [6.07, 6.45) is 0. The Morgan fingerprint density at radius 2 is 1.71 bits per heavy atom. The molecule has 2 rings (SSSR count). The van der Waals surface area contributed by atoms with Gasteiger partial charge in [0.05, 0.1) is 15.7 Å². The predicted molar refractivity (Wildman–Crippen MR) is 96.3 cm³/mol. The minimum absolute atomic E-state index is 0.197. The zero-order valence-corrected chi connectivity index (χ0v) is 14.8. The summed E-state index contributed by atoms with van der Waals surface area (Å²) in [6, 6.07) is 9.63. The van der Waals surface area contributed by atoms with E-state index in [1.54, 1.807) is 24.3 Å². The number of ether oxygens (including phenoxy) is 1. The van der Waals surface area contributed by atoms with Crippen LogP contribution in [0.1, 0.15) is 6.92 Å². The summed E-state index contributed by atoms with van der Waals surface area (Å²) in [6.45, 7) is 1.15. The number of hydrogen-bond acceptors (Lipinski definition) is 3. The number of halogens is 3. The normalized spacial score (nSPS) is 10.2. The fourth-order valence-corrected chi connectivity index (χ4v) is 2.76. The Labute approximate surface area is 153 Å². The van der Waals surface area contributed by atoms with Crippen molar-refractivity contribution in [3.8, 4) is 5.75 Å². The van der Waals surface area contributed by atoms with E-state index in [1.807, 2.05) is 0 Å². The van der Waals surface area contributed by atoms with E-state index in [4.69, 9.17) is 39.5 Å². The van der Waals surface area contributed by atoms with Crippen LogP contribution in [0.25, 0.3) is 0 Å². The third-order valence-corrected chi connectivity index (χ3v) is 3.61. The molecule has 0 saturated heterocycles. The van der Waals surface area contributed by atoms with E-state index >= 15 is 0 Å². The van der Waals surface area contributed by atoms with Crippen LogP contribution in [0.2, 0.25) is 15.1 Å². The molecule has 0 heterocycles. The molecule has 2 aromatic rings. The van der Waals surface area contributed by atoms with Crippen molar-refractivity contribution >= 4 is 58.0 Å². The van der Waals surface area contributed by atoms with E-state index in [-0.39, 0.29) is 28.2 Å².